The lowest BCUT2D eigenvalue weighted by molar-refractivity contribution is 0.0443. The van der Waals surface area contributed by atoms with Crippen LogP contribution in [0.2, 0.25) is 0 Å². The molecule has 27 heavy (non-hydrogen) atoms. The number of nitrogens with two attached hydrogens (primary N) is 1. The SMILES string of the molecule is Nc1nccc(C2=CC3(CCOCC3)c3ccc(C4(O)CCCC4)cc32)n1. The van der Waals surface area contributed by atoms with E-state index in [0.717, 1.165) is 68.6 Å². The number of nitrogens with zero attached hydrogens (tertiary/aromatic N) is 2. The quantitative estimate of drug-likeness (QED) is 0.855. The van der Waals surface area contributed by atoms with Crippen LogP contribution in [0.1, 0.15) is 60.9 Å². The van der Waals surface area contributed by atoms with Gasteiger partial charge in [0.05, 0.1) is 11.3 Å². The molecule has 0 amide bonds. The molecule has 0 unspecified atom stereocenters. The van der Waals surface area contributed by atoms with E-state index in [4.69, 9.17) is 10.5 Å². The van der Waals surface area contributed by atoms with Crippen LogP contribution < -0.4 is 5.73 Å². The highest BCUT2D eigenvalue weighted by Crippen LogP contribution is 2.50. The number of aromatic nitrogens is 2. The van der Waals surface area contributed by atoms with Crippen LogP contribution in [0, 0.1) is 0 Å². The molecule has 1 saturated carbocycles. The van der Waals surface area contributed by atoms with Crippen LogP contribution in [0.3, 0.4) is 0 Å². The fourth-order valence-electron chi connectivity index (χ4n) is 5.06. The van der Waals surface area contributed by atoms with Crippen molar-refractivity contribution < 1.29 is 9.84 Å². The number of hydrogen-bond acceptors (Lipinski definition) is 5. The number of anilines is 1. The van der Waals surface area contributed by atoms with Gasteiger partial charge in [-0.15, -0.1) is 0 Å². The van der Waals surface area contributed by atoms with E-state index in [1.54, 1.807) is 6.20 Å². The summed E-state index contributed by atoms with van der Waals surface area (Å²) in [6, 6.07) is 8.46. The second kappa shape index (κ2) is 6.14. The molecular weight excluding hydrogens is 338 g/mol. The molecular formula is C22H25N3O2. The van der Waals surface area contributed by atoms with Crippen LogP contribution in [-0.2, 0) is 15.8 Å². The first-order chi connectivity index (χ1) is 13.1. The molecule has 2 fully saturated rings. The average Bonchev–Trinajstić information content (AvgIpc) is 3.26. The third kappa shape index (κ3) is 2.68. The first-order valence-corrected chi connectivity index (χ1v) is 9.87. The topological polar surface area (TPSA) is 81.3 Å². The fourth-order valence-corrected chi connectivity index (χ4v) is 5.06. The minimum absolute atomic E-state index is 0.0144. The number of benzene rings is 1. The maximum atomic E-state index is 11.1. The Morgan fingerprint density at radius 1 is 1.04 bits per heavy atom. The first kappa shape index (κ1) is 16.9. The molecule has 3 N–H and O–H groups in total. The van der Waals surface area contributed by atoms with Gasteiger partial charge in [-0.1, -0.05) is 31.1 Å². The Bertz CT molecular complexity index is 910. The molecule has 0 radical (unpaired) electrons. The molecule has 0 bridgehead atoms. The predicted molar refractivity (Wildman–Crippen MR) is 104 cm³/mol. The van der Waals surface area contributed by atoms with Gasteiger partial charge in [0.2, 0.25) is 5.95 Å². The molecule has 1 aromatic carbocycles. The average molecular weight is 363 g/mol. The summed E-state index contributed by atoms with van der Waals surface area (Å²) in [7, 11) is 0. The van der Waals surface area contributed by atoms with Gasteiger partial charge in [-0.3, -0.25) is 0 Å². The maximum Gasteiger partial charge on any atom is 0.220 e. The Hall–Kier alpha value is -2.24. The zero-order chi connectivity index (χ0) is 18.5. The van der Waals surface area contributed by atoms with E-state index in [-0.39, 0.29) is 11.4 Å². The number of ether oxygens (including phenoxy) is 1. The molecule has 2 heterocycles. The standard InChI is InChI=1S/C22H25N3O2/c23-20-24-10-5-19(25-20)17-14-21(8-11-27-12-9-21)18-4-3-15(13-16(17)18)22(26)6-1-2-7-22/h3-5,10,13-14,26H,1-2,6-9,11-12H2,(H2,23,24,25). The van der Waals surface area contributed by atoms with Crippen molar-refractivity contribution in [2.24, 2.45) is 0 Å². The van der Waals surface area contributed by atoms with Gasteiger partial charge in [0.1, 0.15) is 0 Å². The van der Waals surface area contributed by atoms with E-state index in [2.05, 4.69) is 34.2 Å². The monoisotopic (exact) mass is 363 g/mol. The van der Waals surface area contributed by atoms with Crippen LogP contribution >= 0.6 is 0 Å². The molecule has 1 saturated heterocycles. The molecule has 1 aliphatic heterocycles. The van der Waals surface area contributed by atoms with E-state index in [9.17, 15) is 5.11 Å². The van der Waals surface area contributed by atoms with Gasteiger partial charge >= 0.3 is 0 Å². The van der Waals surface area contributed by atoms with Crippen LogP contribution in [0.5, 0.6) is 0 Å². The zero-order valence-electron chi connectivity index (χ0n) is 15.4. The Balaban J connectivity index is 1.67. The van der Waals surface area contributed by atoms with E-state index in [1.165, 1.54) is 11.1 Å². The van der Waals surface area contributed by atoms with Crippen molar-refractivity contribution in [3.63, 3.8) is 0 Å². The Labute approximate surface area is 159 Å². The van der Waals surface area contributed by atoms with Crippen molar-refractivity contribution in [1.29, 1.82) is 0 Å². The Morgan fingerprint density at radius 3 is 2.56 bits per heavy atom. The molecule has 5 rings (SSSR count). The van der Waals surface area contributed by atoms with E-state index >= 15 is 0 Å². The molecule has 140 valence electrons. The van der Waals surface area contributed by atoms with Gasteiger partial charge in [-0.25, -0.2) is 9.97 Å². The molecule has 0 atom stereocenters. The van der Waals surface area contributed by atoms with Crippen LogP contribution in [-0.4, -0.2) is 28.3 Å². The second-order valence-electron chi connectivity index (χ2n) is 8.13. The van der Waals surface area contributed by atoms with Gasteiger partial charge in [-0.2, -0.15) is 0 Å². The highest BCUT2D eigenvalue weighted by atomic mass is 16.5. The molecule has 2 aromatic rings. The minimum atomic E-state index is -0.698. The molecule has 3 aliphatic rings. The molecule has 2 aliphatic carbocycles. The number of rotatable bonds is 2. The number of aliphatic hydroxyl groups is 1. The maximum absolute atomic E-state index is 11.1. The highest BCUT2D eigenvalue weighted by molar-refractivity contribution is 5.86. The summed E-state index contributed by atoms with van der Waals surface area (Å²) in [6.45, 7) is 1.53. The number of fused-ring (bicyclic) bond motifs is 2. The van der Waals surface area contributed by atoms with E-state index in [1.807, 2.05) is 6.07 Å². The largest absolute Gasteiger partial charge is 0.385 e. The van der Waals surface area contributed by atoms with E-state index in [0.29, 0.717) is 0 Å². The molecule has 1 aromatic heterocycles. The number of nitrogen functional groups attached to an aromatic ring is 1. The van der Waals surface area contributed by atoms with Crippen molar-refractivity contribution in [2.45, 2.75) is 49.5 Å². The summed E-state index contributed by atoms with van der Waals surface area (Å²) in [6.07, 6.45) is 9.84. The first-order valence-electron chi connectivity index (χ1n) is 9.87. The summed E-state index contributed by atoms with van der Waals surface area (Å²) < 4.78 is 5.64. The second-order valence-corrected chi connectivity index (χ2v) is 8.13. The lowest BCUT2D eigenvalue weighted by Crippen LogP contribution is -2.30. The third-order valence-corrected chi connectivity index (χ3v) is 6.57. The van der Waals surface area contributed by atoms with Gasteiger partial charge in [0.15, 0.2) is 0 Å². The van der Waals surface area contributed by atoms with Crippen molar-refractivity contribution in [3.05, 3.63) is 58.9 Å². The van der Waals surface area contributed by atoms with Gasteiger partial charge in [-0.05, 0) is 54.5 Å². The van der Waals surface area contributed by atoms with Crippen LogP contribution in [0.15, 0.2) is 36.5 Å². The summed E-state index contributed by atoms with van der Waals surface area (Å²) in [5.41, 5.74) is 10.6. The Morgan fingerprint density at radius 2 is 1.81 bits per heavy atom. The van der Waals surface area contributed by atoms with Crippen molar-refractivity contribution in [2.75, 3.05) is 18.9 Å². The summed E-state index contributed by atoms with van der Waals surface area (Å²) in [4.78, 5) is 8.52. The summed E-state index contributed by atoms with van der Waals surface area (Å²) in [5.74, 6) is 0.286. The van der Waals surface area contributed by atoms with Crippen molar-refractivity contribution in [1.82, 2.24) is 9.97 Å². The lowest BCUT2D eigenvalue weighted by Gasteiger charge is -2.33. The van der Waals surface area contributed by atoms with Crippen molar-refractivity contribution in [3.8, 4) is 0 Å². The van der Waals surface area contributed by atoms with Gasteiger partial charge in [0, 0.05) is 30.4 Å². The van der Waals surface area contributed by atoms with Crippen LogP contribution in [0.25, 0.3) is 5.57 Å². The number of hydrogen-bond donors (Lipinski definition) is 2. The summed E-state index contributed by atoms with van der Waals surface area (Å²) in [5, 5.41) is 11.1. The fraction of sp³-hybridized carbons (Fsp3) is 0.455. The minimum Gasteiger partial charge on any atom is -0.385 e. The van der Waals surface area contributed by atoms with Gasteiger partial charge in [0.25, 0.3) is 0 Å². The third-order valence-electron chi connectivity index (χ3n) is 6.57. The normalized spacial score (nSPS) is 22.6. The predicted octanol–water partition coefficient (Wildman–Crippen LogP) is 3.31. The summed E-state index contributed by atoms with van der Waals surface area (Å²) >= 11 is 0. The molecule has 1 spiro atoms. The molecule has 5 heteroatoms. The van der Waals surface area contributed by atoms with E-state index < -0.39 is 5.60 Å². The number of allylic oxidation sites excluding steroid dienone is 1. The zero-order valence-corrected chi connectivity index (χ0v) is 15.4. The Kier molecular flexibility index (Phi) is 3.85. The lowest BCUT2D eigenvalue weighted by atomic mass is 9.75. The van der Waals surface area contributed by atoms with Crippen LogP contribution in [0.4, 0.5) is 5.95 Å². The van der Waals surface area contributed by atoms with Crippen molar-refractivity contribution >= 4 is 11.5 Å². The smallest absolute Gasteiger partial charge is 0.220 e. The van der Waals surface area contributed by atoms with Gasteiger partial charge < -0.3 is 15.6 Å². The molecule has 5 nitrogen and oxygen atoms in total. The highest BCUT2D eigenvalue weighted by Gasteiger charge is 2.41.